The Morgan fingerprint density at radius 1 is 1.12 bits per heavy atom. The summed E-state index contributed by atoms with van der Waals surface area (Å²) < 4.78 is 0. The van der Waals surface area contributed by atoms with Crippen LogP contribution >= 0.6 is 0 Å². The Morgan fingerprint density at radius 2 is 1.50 bits per heavy atom. The number of carboxylic acid groups (broad SMARTS) is 1. The summed E-state index contributed by atoms with van der Waals surface area (Å²) in [5.74, 6) is -1.15. The van der Waals surface area contributed by atoms with Gasteiger partial charge in [-0.05, 0) is 0 Å². The number of hydrogen-bond acceptors (Lipinski definition) is 1. The van der Waals surface area contributed by atoms with Crippen molar-refractivity contribution in [1.82, 2.24) is 0 Å². The Hall–Kier alpha value is -1.31. The molecule has 0 aliphatic heterocycles. The van der Waals surface area contributed by atoms with E-state index in [0.717, 1.165) is 5.56 Å². The largest absolute Gasteiger partial charge is 0.748 e. The first kappa shape index (κ1) is 14.7. The Morgan fingerprint density at radius 3 is 1.81 bits per heavy atom. The van der Waals surface area contributed by atoms with E-state index >= 15 is 0 Å². The maximum Gasteiger partial charge on any atom is 0.298 e. The summed E-state index contributed by atoms with van der Waals surface area (Å²) in [6.07, 6.45) is 0. The van der Waals surface area contributed by atoms with Crippen molar-refractivity contribution >= 4 is 5.97 Å². The van der Waals surface area contributed by atoms with Crippen LogP contribution in [0.15, 0.2) is 54.6 Å². The van der Waals surface area contributed by atoms with Gasteiger partial charge in [-0.2, -0.15) is 12.1 Å². The standard InChI is InChI=1S/C8H9O2.C5H5.Fe/c1-6(8(9)10)7-4-2-3-5-7;1-2-4-5-3-1;/h2-6H,1H3,(H,9,10);1-5H;/q-1;-5;. The summed E-state index contributed by atoms with van der Waals surface area (Å²) in [5.41, 5.74) is 0.868. The van der Waals surface area contributed by atoms with Crippen molar-refractivity contribution in [2.45, 2.75) is 12.8 Å². The summed E-state index contributed by atoms with van der Waals surface area (Å²) in [6, 6.07) is 17.3. The van der Waals surface area contributed by atoms with E-state index in [-0.39, 0.29) is 23.0 Å². The van der Waals surface area contributed by atoms with Crippen LogP contribution in [0.25, 0.3) is 0 Å². The van der Waals surface area contributed by atoms with Crippen molar-refractivity contribution in [2.24, 2.45) is 0 Å². The molecule has 2 aromatic carbocycles. The zero-order valence-electron chi connectivity index (χ0n) is 8.98. The molecule has 0 heterocycles. The Bertz CT molecular complexity index is 345. The molecule has 0 amide bonds. The molecule has 0 saturated carbocycles. The Balaban J connectivity index is 0.000000318. The second-order valence-corrected chi connectivity index (χ2v) is 3.24. The van der Waals surface area contributed by atoms with E-state index in [1.807, 2.05) is 54.6 Å². The minimum atomic E-state index is -0.772. The van der Waals surface area contributed by atoms with E-state index in [9.17, 15) is 4.79 Å². The van der Waals surface area contributed by atoms with Crippen LogP contribution in [0.2, 0.25) is 0 Å². The van der Waals surface area contributed by atoms with E-state index in [1.165, 1.54) is 0 Å². The molecule has 1 atom stereocenters. The third kappa shape index (κ3) is 4.96. The van der Waals surface area contributed by atoms with Gasteiger partial charge in [0.25, 0.3) is 5.97 Å². The molecule has 0 bridgehead atoms. The molecule has 1 unspecified atom stereocenters. The van der Waals surface area contributed by atoms with Crippen molar-refractivity contribution in [1.29, 1.82) is 0 Å². The van der Waals surface area contributed by atoms with Gasteiger partial charge in [0.1, 0.15) is 0 Å². The van der Waals surface area contributed by atoms with E-state index in [1.54, 1.807) is 6.92 Å². The molecule has 16 heavy (non-hydrogen) atoms. The average Bonchev–Trinajstić information content (AvgIpc) is 2.92. The molecule has 0 saturated heterocycles. The third-order valence-electron chi connectivity index (χ3n) is 2.11. The van der Waals surface area contributed by atoms with Crippen LogP contribution < -0.4 is 0 Å². The molecule has 3 heteroatoms. The number of aliphatic carboxylic acids is 1. The molecule has 0 aromatic heterocycles. The minimum absolute atomic E-state index is 0. The van der Waals surface area contributed by atoms with Gasteiger partial charge in [0.2, 0.25) is 0 Å². The van der Waals surface area contributed by atoms with Crippen LogP contribution in [-0.4, -0.2) is 11.1 Å². The Labute approximate surface area is 106 Å². The van der Waals surface area contributed by atoms with Gasteiger partial charge in [-0.25, -0.2) is 12.1 Å². The number of carbonyl (C=O) groups is 1. The molecule has 1 N–H and O–H groups in total. The molecule has 0 radical (unpaired) electrons. The van der Waals surface area contributed by atoms with Gasteiger partial charge in [-0.3, -0.25) is 4.79 Å². The van der Waals surface area contributed by atoms with Crippen LogP contribution in [0.5, 0.6) is 0 Å². The second kappa shape index (κ2) is 7.91. The van der Waals surface area contributed by atoms with E-state index in [0.29, 0.717) is 0 Å². The molecule has 2 aromatic rings. The third-order valence-corrected chi connectivity index (χ3v) is 2.11. The van der Waals surface area contributed by atoms with Crippen molar-refractivity contribution in [3.8, 4) is 0 Å². The van der Waals surface area contributed by atoms with Crippen LogP contribution in [0.3, 0.4) is 0 Å². The summed E-state index contributed by atoms with van der Waals surface area (Å²) in [5, 5.41) is 8.55. The van der Waals surface area contributed by atoms with Gasteiger partial charge in [-0.15, -0.1) is 5.56 Å². The topological polar surface area (TPSA) is 37.3 Å². The van der Waals surface area contributed by atoms with Gasteiger partial charge >= 0.3 is 0 Å². The van der Waals surface area contributed by atoms with Crippen LogP contribution in [0, 0.1) is 0 Å². The fourth-order valence-electron chi connectivity index (χ4n) is 1.14. The van der Waals surface area contributed by atoms with Crippen LogP contribution in [0.4, 0.5) is 0 Å². The summed E-state index contributed by atoms with van der Waals surface area (Å²) in [4.78, 5) is 10.4. The number of carboxylic acids is 1. The molecule has 2 nitrogen and oxygen atoms in total. The first-order valence-electron chi connectivity index (χ1n) is 4.83. The van der Waals surface area contributed by atoms with Gasteiger partial charge in [0.05, 0.1) is 0 Å². The second-order valence-electron chi connectivity index (χ2n) is 3.24. The molecule has 2 rings (SSSR count). The van der Waals surface area contributed by atoms with E-state index in [2.05, 4.69) is 0 Å². The number of hydrogen-bond donors (Lipinski definition) is 1. The molecular weight excluding hydrogens is 244 g/mol. The quantitative estimate of drug-likeness (QED) is 0.664. The van der Waals surface area contributed by atoms with Crippen LogP contribution in [0.1, 0.15) is 18.4 Å². The predicted octanol–water partition coefficient (Wildman–Crippen LogP) is 3.00. The zero-order valence-corrected chi connectivity index (χ0v) is 10.1. The fourth-order valence-corrected chi connectivity index (χ4v) is 1.14. The predicted molar refractivity (Wildman–Crippen MR) is 60.1 cm³/mol. The zero-order chi connectivity index (χ0) is 11.1. The monoisotopic (exact) mass is 258 g/mol. The summed E-state index contributed by atoms with van der Waals surface area (Å²) >= 11 is 0. The first-order chi connectivity index (χ1) is 7.22. The smallest absolute Gasteiger partial charge is 0.298 e. The van der Waals surface area contributed by atoms with Gasteiger partial charge in [0, 0.05) is 23.0 Å². The van der Waals surface area contributed by atoms with Crippen molar-refractivity contribution in [3.63, 3.8) is 0 Å². The van der Waals surface area contributed by atoms with Crippen molar-refractivity contribution < 1.29 is 27.0 Å². The maximum atomic E-state index is 10.4. The van der Waals surface area contributed by atoms with Crippen molar-refractivity contribution in [3.05, 3.63) is 60.2 Å². The Kier molecular flexibility index (Phi) is 7.27. The maximum absolute atomic E-state index is 10.4. The minimum Gasteiger partial charge on any atom is -0.748 e. The summed E-state index contributed by atoms with van der Waals surface area (Å²) in [6.45, 7) is 1.68. The average molecular weight is 258 g/mol. The molecule has 0 aliphatic carbocycles. The van der Waals surface area contributed by atoms with E-state index < -0.39 is 5.97 Å². The summed E-state index contributed by atoms with van der Waals surface area (Å²) in [7, 11) is 0. The van der Waals surface area contributed by atoms with Crippen LogP contribution in [-0.2, 0) is 21.9 Å². The fraction of sp³-hybridized carbons (Fsp3) is 0.154. The molecular formula is C13H14FeO2-6. The first-order valence-corrected chi connectivity index (χ1v) is 4.83. The van der Waals surface area contributed by atoms with E-state index in [4.69, 9.17) is 5.11 Å². The normalized spacial score (nSPS) is 10.6. The van der Waals surface area contributed by atoms with Crippen molar-refractivity contribution in [2.75, 3.05) is 0 Å². The van der Waals surface area contributed by atoms with Gasteiger partial charge in [-0.1, -0.05) is 6.92 Å². The molecule has 92 valence electrons. The molecule has 0 spiro atoms. The SMILES string of the molecule is CC(C(=O)O)[c-]1cccc1.[Fe].[cH-]1[cH-][cH-][cH-][cH-]1. The molecule has 0 fully saturated rings. The number of rotatable bonds is 2. The molecule has 0 aliphatic rings. The van der Waals surface area contributed by atoms with Gasteiger partial charge in [0.15, 0.2) is 0 Å². The van der Waals surface area contributed by atoms with Gasteiger partial charge < -0.3 is 35.4 Å².